The van der Waals surface area contributed by atoms with E-state index in [1.165, 1.54) is 10.4 Å². The summed E-state index contributed by atoms with van der Waals surface area (Å²) in [4.78, 5) is 29.5. The standard InChI is InChI=1S/C18H27N3O2S/c1-13(21-9-5-17-16(12-21)6-10-24-17)11-19-18(23)15-3-7-20(8-4-15)14(2)22/h6,10,13,15H,3-5,7-9,11-12H2,1-2H3,(H,19,23)/t13-/m1/s1. The Labute approximate surface area is 148 Å². The van der Waals surface area contributed by atoms with Gasteiger partial charge < -0.3 is 10.2 Å². The second-order valence-corrected chi connectivity index (χ2v) is 7.96. The first kappa shape index (κ1) is 17.4. The molecule has 0 aromatic carbocycles. The van der Waals surface area contributed by atoms with Crippen LogP contribution in [0.25, 0.3) is 0 Å². The van der Waals surface area contributed by atoms with E-state index in [0.29, 0.717) is 25.7 Å². The Morgan fingerprint density at radius 2 is 2.08 bits per heavy atom. The van der Waals surface area contributed by atoms with Crippen molar-refractivity contribution in [3.63, 3.8) is 0 Å². The number of amides is 2. The number of hydrogen-bond acceptors (Lipinski definition) is 4. The number of rotatable bonds is 4. The van der Waals surface area contributed by atoms with Crippen molar-refractivity contribution in [2.45, 2.75) is 45.7 Å². The van der Waals surface area contributed by atoms with Crippen LogP contribution in [0.3, 0.4) is 0 Å². The van der Waals surface area contributed by atoms with E-state index < -0.39 is 0 Å². The van der Waals surface area contributed by atoms with Crippen LogP contribution in [0.1, 0.15) is 37.1 Å². The average molecular weight is 350 g/mol. The van der Waals surface area contributed by atoms with Crippen molar-refractivity contribution in [2.24, 2.45) is 5.92 Å². The fourth-order valence-electron chi connectivity index (χ4n) is 3.62. The molecule has 132 valence electrons. The van der Waals surface area contributed by atoms with Crippen molar-refractivity contribution in [3.05, 3.63) is 21.9 Å². The predicted octanol–water partition coefficient (Wildman–Crippen LogP) is 1.87. The van der Waals surface area contributed by atoms with Crippen molar-refractivity contribution in [1.29, 1.82) is 0 Å². The molecule has 0 radical (unpaired) electrons. The van der Waals surface area contributed by atoms with Gasteiger partial charge in [-0.1, -0.05) is 0 Å². The van der Waals surface area contributed by atoms with Gasteiger partial charge in [0.1, 0.15) is 0 Å². The fraction of sp³-hybridized carbons (Fsp3) is 0.667. The van der Waals surface area contributed by atoms with Gasteiger partial charge in [-0.3, -0.25) is 14.5 Å². The number of nitrogens with one attached hydrogen (secondary N) is 1. The minimum Gasteiger partial charge on any atom is -0.354 e. The Balaban J connectivity index is 1.42. The topological polar surface area (TPSA) is 52.7 Å². The first-order chi connectivity index (χ1) is 11.5. The largest absolute Gasteiger partial charge is 0.354 e. The van der Waals surface area contributed by atoms with Gasteiger partial charge in [0.2, 0.25) is 11.8 Å². The third-order valence-electron chi connectivity index (χ3n) is 5.34. The molecule has 24 heavy (non-hydrogen) atoms. The number of likely N-dealkylation sites (tertiary alicyclic amines) is 1. The Morgan fingerprint density at radius 3 is 2.79 bits per heavy atom. The van der Waals surface area contributed by atoms with E-state index in [1.807, 2.05) is 16.2 Å². The van der Waals surface area contributed by atoms with Gasteiger partial charge in [0, 0.05) is 56.5 Å². The Bertz CT molecular complexity index is 593. The lowest BCUT2D eigenvalue weighted by molar-refractivity contribution is -0.134. The van der Waals surface area contributed by atoms with Crippen LogP contribution in [-0.2, 0) is 22.6 Å². The summed E-state index contributed by atoms with van der Waals surface area (Å²) >= 11 is 1.85. The molecule has 0 unspecified atom stereocenters. The Morgan fingerprint density at radius 1 is 1.33 bits per heavy atom. The molecule has 6 heteroatoms. The van der Waals surface area contributed by atoms with Crippen LogP contribution in [-0.4, -0.2) is 53.8 Å². The molecule has 0 spiro atoms. The van der Waals surface area contributed by atoms with Crippen molar-refractivity contribution in [1.82, 2.24) is 15.1 Å². The van der Waals surface area contributed by atoms with Crippen molar-refractivity contribution < 1.29 is 9.59 Å². The second kappa shape index (κ2) is 7.66. The van der Waals surface area contributed by atoms with Gasteiger partial charge >= 0.3 is 0 Å². The zero-order valence-corrected chi connectivity index (χ0v) is 15.4. The molecule has 0 bridgehead atoms. The number of nitrogens with zero attached hydrogens (tertiary/aromatic N) is 2. The fourth-order valence-corrected chi connectivity index (χ4v) is 4.51. The number of thiophene rings is 1. The van der Waals surface area contributed by atoms with Crippen LogP contribution in [0.5, 0.6) is 0 Å². The highest BCUT2D eigenvalue weighted by atomic mass is 32.1. The van der Waals surface area contributed by atoms with Crippen LogP contribution in [0.2, 0.25) is 0 Å². The maximum Gasteiger partial charge on any atom is 0.223 e. The molecule has 1 N–H and O–H groups in total. The second-order valence-electron chi connectivity index (χ2n) is 6.96. The molecule has 3 heterocycles. The lowest BCUT2D eigenvalue weighted by Crippen LogP contribution is -2.47. The molecule has 1 aromatic heterocycles. The number of hydrogen-bond donors (Lipinski definition) is 1. The van der Waals surface area contributed by atoms with E-state index >= 15 is 0 Å². The van der Waals surface area contributed by atoms with Crippen LogP contribution in [0.15, 0.2) is 11.4 Å². The molecule has 2 aliphatic heterocycles. The summed E-state index contributed by atoms with van der Waals surface area (Å²) in [6.45, 7) is 7.96. The van der Waals surface area contributed by atoms with E-state index in [1.54, 1.807) is 6.92 Å². The molecule has 5 nitrogen and oxygen atoms in total. The number of carbonyl (C=O) groups excluding carboxylic acids is 2. The van der Waals surface area contributed by atoms with Crippen LogP contribution in [0, 0.1) is 5.92 Å². The third-order valence-corrected chi connectivity index (χ3v) is 6.37. The van der Waals surface area contributed by atoms with Crippen LogP contribution < -0.4 is 5.32 Å². The zero-order chi connectivity index (χ0) is 17.1. The molecule has 2 aliphatic rings. The van der Waals surface area contributed by atoms with Gasteiger partial charge in [-0.2, -0.15) is 0 Å². The molecule has 3 rings (SSSR count). The Hall–Kier alpha value is -1.40. The van der Waals surface area contributed by atoms with E-state index in [0.717, 1.165) is 32.4 Å². The molecule has 1 saturated heterocycles. The van der Waals surface area contributed by atoms with Crippen LogP contribution >= 0.6 is 11.3 Å². The summed E-state index contributed by atoms with van der Waals surface area (Å²) in [5, 5.41) is 5.30. The van der Waals surface area contributed by atoms with Crippen molar-refractivity contribution in [3.8, 4) is 0 Å². The number of carbonyl (C=O) groups is 2. The maximum absolute atomic E-state index is 12.4. The van der Waals surface area contributed by atoms with Gasteiger partial charge in [0.15, 0.2) is 0 Å². The van der Waals surface area contributed by atoms with E-state index in [2.05, 4.69) is 28.6 Å². The Kier molecular flexibility index (Phi) is 5.56. The molecule has 0 aliphatic carbocycles. The van der Waals surface area contributed by atoms with Gasteiger partial charge in [-0.15, -0.1) is 11.3 Å². The number of fused-ring (bicyclic) bond motifs is 1. The summed E-state index contributed by atoms with van der Waals surface area (Å²) in [6.07, 6.45) is 2.68. The molecule has 2 amide bonds. The lowest BCUT2D eigenvalue weighted by Gasteiger charge is -2.34. The minimum absolute atomic E-state index is 0.0534. The SMILES string of the molecule is CC(=O)N1CCC(C(=O)NC[C@@H](C)N2CCc3sccc3C2)CC1. The van der Waals surface area contributed by atoms with Gasteiger partial charge in [0.25, 0.3) is 0 Å². The highest BCUT2D eigenvalue weighted by Crippen LogP contribution is 2.25. The summed E-state index contributed by atoms with van der Waals surface area (Å²) in [5.74, 6) is 0.316. The normalized spacial score (nSPS) is 20.5. The lowest BCUT2D eigenvalue weighted by atomic mass is 9.96. The summed E-state index contributed by atoms with van der Waals surface area (Å²) in [5.41, 5.74) is 1.45. The van der Waals surface area contributed by atoms with E-state index in [4.69, 9.17) is 0 Å². The molecule has 0 saturated carbocycles. The summed E-state index contributed by atoms with van der Waals surface area (Å²) < 4.78 is 0. The molecular weight excluding hydrogens is 322 g/mol. The average Bonchev–Trinajstić information content (AvgIpc) is 3.07. The number of piperidine rings is 1. The maximum atomic E-state index is 12.4. The van der Waals surface area contributed by atoms with E-state index in [9.17, 15) is 9.59 Å². The molecule has 1 atom stereocenters. The first-order valence-electron chi connectivity index (χ1n) is 8.87. The predicted molar refractivity (Wildman–Crippen MR) is 95.9 cm³/mol. The van der Waals surface area contributed by atoms with Crippen molar-refractivity contribution in [2.75, 3.05) is 26.2 Å². The highest BCUT2D eigenvalue weighted by molar-refractivity contribution is 7.10. The van der Waals surface area contributed by atoms with Gasteiger partial charge in [-0.05, 0) is 43.2 Å². The quantitative estimate of drug-likeness (QED) is 0.903. The minimum atomic E-state index is 0.0534. The van der Waals surface area contributed by atoms with Gasteiger partial charge in [0.05, 0.1) is 0 Å². The van der Waals surface area contributed by atoms with Crippen molar-refractivity contribution >= 4 is 23.2 Å². The molecule has 1 fully saturated rings. The third kappa shape index (κ3) is 3.98. The molecule has 1 aromatic rings. The monoisotopic (exact) mass is 349 g/mol. The summed E-state index contributed by atoms with van der Waals surface area (Å²) in [6, 6.07) is 2.57. The zero-order valence-electron chi connectivity index (χ0n) is 14.6. The van der Waals surface area contributed by atoms with E-state index in [-0.39, 0.29) is 17.7 Å². The first-order valence-corrected chi connectivity index (χ1v) is 9.75. The summed E-state index contributed by atoms with van der Waals surface area (Å²) in [7, 11) is 0. The smallest absolute Gasteiger partial charge is 0.223 e. The molecular formula is C18H27N3O2S. The van der Waals surface area contributed by atoms with Gasteiger partial charge in [-0.25, -0.2) is 0 Å². The highest BCUT2D eigenvalue weighted by Gasteiger charge is 2.27. The van der Waals surface area contributed by atoms with Crippen LogP contribution in [0.4, 0.5) is 0 Å².